The molecule has 8 heteroatoms. The maximum atomic E-state index is 13.6. The average molecular weight is 475 g/mol. The van der Waals surface area contributed by atoms with E-state index in [0.29, 0.717) is 37.0 Å². The molecule has 0 aliphatic carbocycles. The number of hydrogen-bond acceptors (Lipinski definition) is 4. The largest absolute Gasteiger partial charge is 0.335 e. The van der Waals surface area contributed by atoms with Crippen molar-refractivity contribution in [2.75, 3.05) is 26.2 Å². The van der Waals surface area contributed by atoms with Crippen molar-refractivity contribution < 1.29 is 13.6 Å². The van der Waals surface area contributed by atoms with Gasteiger partial charge in [-0.3, -0.25) is 14.5 Å². The molecule has 6 nitrogen and oxygen atoms in total. The number of aryl methyl sites for hydroxylation is 1. The molecule has 0 N–H and O–H groups in total. The molecule has 1 aliphatic rings. The Morgan fingerprint density at radius 3 is 1.86 bits per heavy atom. The zero-order valence-corrected chi connectivity index (χ0v) is 19.2. The number of halogens is 2. The van der Waals surface area contributed by atoms with Crippen molar-refractivity contribution in [3.63, 3.8) is 0 Å². The van der Waals surface area contributed by atoms with Gasteiger partial charge in [0.15, 0.2) is 5.69 Å². The highest BCUT2D eigenvalue weighted by Gasteiger charge is 2.30. The normalized spacial score (nSPS) is 14.6. The molecular formula is C27H24F2N4O2. The van der Waals surface area contributed by atoms with Gasteiger partial charge in [-0.1, -0.05) is 42.5 Å². The van der Waals surface area contributed by atoms with Gasteiger partial charge >= 0.3 is 0 Å². The molecule has 0 atom stereocenters. The molecule has 1 aromatic heterocycles. The molecule has 0 bridgehead atoms. The van der Waals surface area contributed by atoms with E-state index in [9.17, 15) is 18.4 Å². The molecule has 2 heterocycles. The van der Waals surface area contributed by atoms with Crippen molar-refractivity contribution in [3.8, 4) is 0 Å². The predicted octanol–water partition coefficient (Wildman–Crippen LogP) is 3.76. The first-order valence-corrected chi connectivity index (χ1v) is 11.4. The van der Waals surface area contributed by atoms with E-state index in [2.05, 4.69) is 10.00 Å². The zero-order chi connectivity index (χ0) is 24.5. The Balaban J connectivity index is 1.40. The summed E-state index contributed by atoms with van der Waals surface area (Å²) in [6, 6.07) is 19.4. The van der Waals surface area contributed by atoms with Crippen LogP contribution >= 0.6 is 0 Å². The van der Waals surface area contributed by atoms with E-state index >= 15 is 0 Å². The van der Waals surface area contributed by atoms with Gasteiger partial charge in [0.2, 0.25) is 0 Å². The van der Waals surface area contributed by atoms with Crippen molar-refractivity contribution in [1.82, 2.24) is 19.6 Å². The van der Waals surface area contributed by atoms with Crippen LogP contribution in [-0.4, -0.2) is 51.7 Å². The zero-order valence-electron chi connectivity index (χ0n) is 19.2. The van der Waals surface area contributed by atoms with E-state index in [1.54, 1.807) is 60.5 Å². The topological polar surface area (TPSA) is 58.4 Å². The number of carbonyl (C=O) groups excluding carboxylic acids is 1. The number of fused-ring (bicyclic) bond motifs is 1. The van der Waals surface area contributed by atoms with Crippen LogP contribution in [0.25, 0.3) is 10.8 Å². The van der Waals surface area contributed by atoms with Gasteiger partial charge < -0.3 is 4.90 Å². The lowest BCUT2D eigenvalue weighted by Gasteiger charge is -2.39. The maximum Gasteiger partial charge on any atom is 0.275 e. The second-order valence-corrected chi connectivity index (χ2v) is 8.66. The molecule has 0 spiro atoms. The fourth-order valence-corrected chi connectivity index (χ4v) is 4.69. The van der Waals surface area contributed by atoms with E-state index in [0.717, 1.165) is 11.1 Å². The Hall–Kier alpha value is -3.91. The minimum atomic E-state index is -0.320. The first-order valence-electron chi connectivity index (χ1n) is 11.4. The van der Waals surface area contributed by atoms with Gasteiger partial charge in [-0.05, 0) is 41.5 Å². The quantitative estimate of drug-likeness (QED) is 0.452. The van der Waals surface area contributed by atoms with E-state index in [-0.39, 0.29) is 34.8 Å². The van der Waals surface area contributed by atoms with Gasteiger partial charge in [0.1, 0.15) is 11.6 Å². The van der Waals surface area contributed by atoms with Gasteiger partial charge in [0.25, 0.3) is 11.5 Å². The molecule has 1 aliphatic heterocycles. The minimum Gasteiger partial charge on any atom is -0.335 e. The van der Waals surface area contributed by atoms with Crippen LogP contribution in [0.5, 0.6) is 0 Å². The summed E-state index contributed by atoms with van der Waals surface area (Å²) < 4.78 is 28.4. The highest BCUT2D eigenvalue weighted by Crippen LogP contribution is 2.30. The average Bonchev–Trinajstić information content (AvgIpc) is 2.88. The summed E-state index contributed by atoms with van der Waals surface area (Å²) in [5.74, 6) is -0.866. The molecule has 0 saturated carbocycles. The van der Waals surface area contributed by atoms with E-state index in [4.69, 9.17) is 0 Å². The van der Waals surface area contributed by atoms with E-state index in [1.165, 1.54) is 28.9 Å². The summed E-state index contributed by atoms with van der Waals surface area (Å²) in [6.45, 7) is 2.04. The summed E-state index contributed by atoms with van der Waals surface area (Å²) in [5, 5.41) is 5.27. The molecule has 0 unspecified atom stereocenters. The number of benzene rings is 3. The highest BCUT2D eigenvalue weighted by molar-refractivity contribution is 6.04. The first kappa shape index (κ1) is 22.9. The number of carbonyl (C=O) groups is 1. The lowest BCUT2D eigenvalue weighted by Crippen LogP contribution is -2.50. The number of amides is 1. The van der Waals surface area contributed by atoms with Crippen LogP contribution in [0, 0.1) is 11.6 Å². The summed E-state index contributed by atoms with van der Waals surface area (Å²) in [6.07, 6.45) is 0. The summed E-state index contributed by atoms with van der Waals surface area (Å²) >= 11 is 0. The number of aromatic nitrogens is 2. The number of piperazine rings is 1. The Labute approximate surface area is 201 Å². The molecule has 1 amide bonds. The third kappa shape index (κ3) is 4.44. The fourth-order valence-electron chi connectivity index (χ4n) is 4.69. The van der Waals surface area contributed by atoms with Crippen LogP contribution in [0.15, 0.2) is 77.6 Å². The highest BCUT2D eigenvalue weighted by atomic mass is 19.1. The van der Waals surface area contributed by atoms with Crippen molar-refractivity contribution in [3.05, 3.63) is 112 Å². The smallest absolute Gasteiger partial charge is 0.275 e. The Morgan fingerprint density at radius 2 is 1.31 bits per heavy atom. The lowest BCUT2D eigenvalue weighted by atomic mass is 9.96. The van der Waals surface area contributed by atoms with Crippen LogP contribution < -0.4 is 5.56 Å². The number of hydrogen-bond donors (Lipinski definition) is 0. The van der Waals surface area contributed by atoms with Crippen molar-refractivity contribution in [2.45, 2.75) is 6.04 Å². The second kappa shape index (κ2) is 9.38. The van der Waals surface area contributed by atoms with Crippen molar-refractivity contribution in [1.29, 1.82) is 0 Å². The van der Waals surface area contributed by atoms with Crippen LogP contribution in [0.4, 0.5) is 8.78 Å². The molecule has 4 aromatic rings. The maximum absolute atomic E-state index is 13.6. The van der Waals surface area contributed by atoms with Crippen LogP contribution in [-0.2, 0) is 7.05 Å². The van der Waals surface area contributed by atoms with Gasteiger partial charge in [-0.15, -0.1) is 0 Å². The molecule has 0 radical (unpaired) electrons. The Morgan fingerprint density at radius 1 is 0.800 bits per heavy atom. The second-order valence-electron chi connectivity index (χ2n) is 8.66. The van der Waals surface area contributed by atoms with Gasteiger partial charge in [0.05, 0.1) is 11.4 Å². The molecule has 3 aromatic carbocycles. The lowest BCUT2D eigenvalue weighted by molar-refractivity contribution is 0.0591. The van der Waals surface area contributed by atoms with Crippen LogP contribution in [0.3, 0.4) is 0 Å². The predicted molar refractivity (Wildman–Crippen MR) is 129 cm³/mol. The van der Waals surface area contributed by atoms with Gasteiger partial charge in [-0.2, -0.15) is 5.10 Å². The molecule has 178 valence electrons. The van der Waals surface area contributed by atoms with Crippen molar-refractivity contribution >= 4 is 16.7 Å². The summed E-state index contributed by atoms with van der Waals surface area (Å²) in [7, 11) is 1.54. The Kier molecular flexibility index (Phi) is 6.13. The number of rotatable bonds is 4. The molecule has 1 fully saturated rings. The number of nitrogens with zero attached hydrogens (tertiary/aromatic N) is 4. The first-order chi connectivity index (χ1) is 16.9. The SMILES string of the molecule is Cn1nc(C(=O)N2CCN(C(c3ccc(F)cc3)c3ccc(F)cc3)CC2)c2ccccc2c1=O. The fraction of sp³-hybridized carbons (Fsp3) is 0.222. The van der Waals surface area contributed by atoms with Gasteiger partial charge in [0, 0.05) is 38.6 Å². The third-order valence-corrected chi connectivity index (χ3v) is 6.50. The van der Waals surface area contributed by atoms with Crippen LogP contribution in [0.2, 0.25) is 0 Å². The summed E-state index contributed by atoms with van der Waals surface area (Å²) in [4.78, 5) is 29.8. The van der Waals surface area contributed by atoms with E-state index in [1.807, 2.05) is 0 Å². The Bertz CT molecular complexity index is 1380. The molecule has 5 rings (SSSR count). The minimum absolute atomic E-state index is 0.204. The molecular weight excluding hydrogens is 450 g/mol. The third-order valence-electron chi connectivity index (χ3n) is 6.50. The summed E-state index contributed by atoms with van der Waals surface area (Å²) in [5.41, 5.74) is 1.79. The van der Waals surface area contributed by atoms with E-state index < -0.39 is 0 Å². The molecule has 1 saturated heterocycles. The van der Waals surface area contributed by atoms with Crippen molar-refractivity contribution in [2.24, 2.45) is 7.05 Å². The van der Waals surface area contributed by atoms with Gasteiger partial charge in [-0.25, -0.2) is 13.5 Å². The monoisotopic (exact) mass is 474 g/mol. The van der Waals surface area contributed by atoms with Crippen LogP contribution in [0.1, 0.15) is 27.7 Å². The molecule has 35 heavy (non-hydrogen) atoms. The standard InChI is InChI=1S/C27H24F2N4O2/c1-31-26(34)23-5-3-2-4-22(23)24(30-31)27(35)33-16-14-32(15-17-33)25(18-6-10-20(28)11-7-18)19-8-12-21(29)13-9-19/h2-13,25H,14-17H2,1H3.